The summed E-state index contributed by atoms with van der Waals surface area (Å²) in [6, 6.07) is 4.40. The molecule has 0 aliphatic heterocycles. The van der Waals surface area contributed by atoms with Crippen molar-refractivity contribution in [2.45, 2.75) is 26.4 Å². The number of halogens is 3. The number of aryl methyl sites for hydroxylation is 1. The van der Waals surface area contributed by atoms with E-state index < -0.39 is 5.82 Å². The maximum Gasteiger partial charge on any atom is 0.126 e. The number of hydrogen-bond donors (Lipinski definition) is 1. The number of hydrogen-bond acceptors (Lipinski definition) is 2. The van der Waals surface area contributed by atoms with Crippen LogP contribution in [0, 0.1) is 5.82 Å². The van der Waals surface area contributed by atoms with Crippen LogP contribution in [0.5, 0.6) is 0 Å². The monoisotopic (exact) mass is 301 g/mol. The Morgan fingerprint density at radius 3 is 2.63 bits per heavy atom. The summed E-state index contributed by atoms with van der Waals surface area (Å²) in [6.45, 7) is 3.48. The molecule has 1 heterocycles. The SMILES string of the molecule is CCCn1nccc1CNc1c(Cl)cc(F)cc1Cl. The van der Waals surface area contributed by atoms with Crippen molar-refractivity contribution >= 4 is 28.9 Å². The van der Waals surface area contributed by atoms with E-state index in [2.05, 4.69) is 17.3 Å². The lowest BCUT2D eigenvalue weighted by Gasteiger charge is -2.12. The lowest BCUT2D eigenvalue weighted by Crippen LogP contribution is -2.09. The van der Waals surface area contributed by atoms with Gasteiger partial charge in [-0.3, -0.25) is 4.68 Å². The van der Waals surface area contributed by atoms with Gasteiger partial charge in [-0.05, 0) is 24.6 Å². The molecule has 0 saturated carbocycles. The molecule has 102 valence electrons. The van der Waals surface area contributed by atoms with Gasteiger partial charge in [-0.25, -0.2) is 4.39 Å². The van der Waals surface area contributed by atoms with Crippen LogP contribution in [-0.4, -0.2) is 9.78 Å². The van der Waals surface area contributed by atoms with Gasteiger partial charge in [0.1, 0.15) is 5.82 Å². The second kappa shape index (κ2) is 6.26. The predicted molar refractivity (Wildman–Crippen MR) is 76.3 cm³/mol. The predicted octanol–water partition coefficient (Wildman–Crippen LogP) is 4.35. The number of anilines is 1. The molecule has 0 atom stereocenters. The molecule has 0 bridgehead atoms. The summed E-state index contributed by atoms with van der Waals surface area (Å²) in [5, 5.41) is 7.89. The zero-order valence-electron chi connectivity index (χ0n) is 10.5. The highest BCUT2D eigenvalue weighted by atomic mass is 35.5. The molecule has 19 heavy (non-hydrogen) atoms. The van der Waals surface area contributed by atoms with E-state index in [4.69, 9.17) is 23.2 Å². The van der Waals surface area contributed by atoms with E-state index in [-0.39, 0.29) is 10.0 Å². The van der Waals surface area contributed by atoms with E-state index in [9.17, 15) is 4.39 Å². The molecule has 0 saturated heterocycles. The van der Waals surface area contributed by atoms with Gasteiger partial charge in [0, 0.05) is 12.7 Å². The molecule has 1 N–H and O–H groups in total. The van der Waals surface area contributed by atoms with Crippen LogP contribution in [0.4, 0.5) is 10.1 Å². The number of nitrogens with zero attached hydrogens (tertiary/aromatic N) is 2. The van der Waals surface area contributed by atoms with Crippen molar-refractivity contribution in [2.75, 3.05) is 5.32 Å². The smallest absolute Gasteiger partial charge is 0.126 e. The maximum absolute atomic E-state index is 13.1. The third-order valence-corrected chi connectivity index (χ3v) is 3.29. The molecule has 2 rings (SSSR count). The lowest BCUT2D eigenvalue weighted by atomic mass is 10.3. The molecule has 1 aromatic carbocycles. The Kier molecular flexibility index (Phi) is 4.66. The van der Waals surface area contributed by atoms with Gasteiger partial charge in [0.15, 0.2) is 0 Å². The van der Waals surface area contributed by atoms with Crippen LogP contribution in [0.1, 0.15) is 19.0 Å². The molecule has 1 aromatic heterocycles. The third kappa shape index (κ3) is 3.39. The van der Waals surface area contributed by atoms with Crippen LogP contribution >= 0.6 is 23.2 Å². The topological polar surface area (TPSA) is 29.9 Å². The first-order chi connectivity index (χ1) is 9.11. The minimum Gasteiger partial charge on any atom is -0.377 e. The van der Waals surface area contributed by atoms with Crippen LogP contribution in [0.25, 0.3) is 0 Å². The van der Waals surface area contributed by atoms with Crippen molar-refractivity contribution in [1.29, 1.82) is 0 Å². The molecule has 0 aliphatic carbocycles. The summed E-state index contributed by atoms with van der Waals surface area (Å²) in [4.78, 5) is 0. The Morgan fingerprint density at radius 1 is 1.32 bits per heavy atom. The van der Waals surface area contributed by atoms with E-state index in [0.717, 1.165) is 18.7 Å². The van der Waals surface area contributed by atoms with E-state index in [0.29, 0.717) is 12.2 Å². The Hall–Kier alpha value is -1.26. The fraction of sp³-hybridized carbons (Fsp3) is 0.308. The van der Waals surface area contributed by atoms with E-state index in [1.54, 1.807) is 6.20 Å². The molecule has 2 aromatic rings. The van der Waals surface area contributed by atoms with Crippen molar-refractivity contribution in [3.8, 4) is 0 Å². The molecule has 0 aliphatic rings. The summed E-state index contributed by atoms with van der Waals surface area (Å²) in [6.07, 6.45) is 2.76. The number of rotatable bonds is 5. The molecule has 0 unspecified atom stereocenters. The minimum absolute atomic E-state index is 0.270. The molecule has 0 radical (unpaired) electrons. The van der Waals surface area contributed by atoms with Crippen LogP contribution < -0.4 is 5.32 Å². The van der Waals surface area contributed by atoms with Gasteiger partial charge in [0.25, 0.3) is 0 Å². The Morgan fingerprint density at radius 2 is 2.00 bits per heavy atom. The highest BCUT2D eigenvalue weighted by Gasteiger charge is 2.09. The normalized spacial score (nSPS) is 10.7. The molecule has 6 heteroatoms. The van der Waals surface area contributed by atoms with Crippen molar-refractivity contribution < 1.29 is 4.39 Å². The quantitative estimate of drug-likeness (QED) is 0.890. The summed E-state index contributed by atoms with van der Waals surface area (Å²) in [5.74, 6) is -0.448. The zero-order valence-corrected chi connectivity index (χ0v) is 12.0. The van der Waals surface area contributed by atoms with Gasteiger partial charge in [-0.1, -0.05) is 30.1 Å². The van der Waals surface area contributed by atoms with Crippen molar-refractivity contribution in [1.82, 2.24) is 9.78 Å². The van der Waals surface area contributed by atoms with Crippen molar-refractivity contribution in [2.24, 2.45) is 0 Å². The van der Waals surface area contributed by atoms with Gasteiger partial charge in [-0.2, -0.15) is 5.10 Å². The number of benzene rings is 1. The van der Waals surface area contributed by atoms with Gasteiger partial charge in [0.2, 0.25) is 0 Å². The van der Waals surface area contributed by atoms with Gasteiger partial charge >= 0.3 is 0 Å². The molecular formula is C13H14Cl2FN3. The van der Waals surface area contributed by atoms with Crippen LogP contribution in [0.3, 0.4) is 0 Å². The molecule has 0 fully saturated rings. The molecule has 0 amide bonds. The minimum atomic E-state index is -0.448. The van der Waals surface area contributed by atoms with Crippen molar-refractivity contribution in [3.63, 3.8) is 0 Å². The summed E-state index contributed by atoms with van der Waals surface area (Å²) >= 11 is 11.9. The first-order valence-corrected chi connectivity index (χ1v) is 6.76. The standard InChI is InChI=1S/C13H14Cl2FN3/c1-2-5-19-10(3-4-18-19)8-17-13-11(14)6-9(16)7-12(13)15/h3-4,6-7,17H,2,5,8H2,1H3. The Balaban J connectivity index is 2.12. The van der Waals surface area contributed by atoms with Crippen molar-refractivity contribution in [3.05, 3.63) is 46.0 Å². The first kappa shape index (κ1) is 14.2. The first-order valence-electron chi connectivity index (χ1n) is 6.01. The number of nitrogens with one attached hydrogen (secondary N) is 1. The summed E-state index contributed by atoms with van der Waals surface area (Å²) in [7, 11) is 0. The second-order valence-corrected chi connectivity index (χ2v) is 4.96. The molecule has 0 spiro atoms. The Labute approximate surface area is 121 Å². The fourth-order valence-corrected chi connectivity index (χ4v) is 2.41. The fourth-order valence-electron chi connectivity index (χ4n) is 1.81. The zero-order chi connectivity index (χ0) is 13.8. The Bertz CT molecular complexity index is 546. The molecular weight excluding hydrogens is 288 g/mol. The third-order valence-electron chi connectivity index (χ3n) is 2.69. The second-order valence-electron chi connectivity index (χ2n) is 4.14. The van der Waals surface area contributed by atoms with Crippen LogP contribution in [0.2, 0.25) is 10.0 Å². The van der Waals surface area contributed by atoms with E-state index in [1.165, 1.54) is 12.1 Å². The highest BCUT2D eigenvalue weighted by Crippen LogP contribution is 2.31. The van der Waals surface area contributed by atoms with E-state index >= 15 is 0 Å². The van der Waals surface area contributed by atoms with Gasteiger partial charge < -0.3 is 5.32 Å². The average molecular weight is 302 g/mol. The van der Waals surface area contributed by atoms with Gasteiger partial charge in [0.05, 0.1) is 28.0 Å². The van der Waals surface area contributed by atoms with E-state index in [1.807, 2.05) is 10.7 Å². The van der Waals surface area contributed by atoms with Gasteiger partial charge in [-0.15, -0.1) is 0 Å². The number of aromatic nitrogens is 2. The average Bonchev–Trinajstić information content (AvgIpc) is 2.76. The van der Waals surface area contributed by atoms with Crippen LogP contribution in [0.15, 0.2) is 24.4 Å². The molecule has 3 nitrogen and oxygen atoms in total. The summed E-state index contributed by atoms with van der Waals surface area (Å²) < 4.78 is 15.0. The maximum atomic E-state index is 13.1. The van der Waals surface area contributed by atoms with Crippen LogP contribution in [-0.2, 0) is 13.1 Å². The largest absolute Gasteiger partial charge is 0.377 e. The summed E-state index contributed by atoms with van der Waals surface area (Å²) in [5.41, 5.74) is 1.56. The highest BCUT2D eigenvalue weighted by molar-refractivity contribution is 6.39. The lowest BCUT2D eigenvalue weighted by molar-refractivity contribution is 0.578.